The number of anilines is 1. The molecule has 0 unspecified atom stereocenters. The molecule has 0 N–H and O–H groups in total. The van der Waals surface area contributed by atoms with Gasteiger partial charge in [0, 0.05) is 18.1 Å². The first kappa shape index (κ1) is 12.0. The molecule has 0 aliphatic rings. The molecule has 78 valence electrons. The fraction of sp³-hybridized carbons (Fsp3) is 0.333. The maximum atomic E-state index is 12.8. The summed E-state index contributed by atoms with van der Waals surface area (Å²) in [6.45, 7) is 0.703. The third-order valence-corrected chi connectivity index (χ3v) is 2.69. The predicted molar refractivity (Wildman–Crippen MR) is 63.1 cm³/mol. The van der Waals surface area contributed by atoms with Crippen LogP contribution in [0.25, 0.3) is 0 Å². The maximum absolute atomic E-state index is 12.8. The molecule has 0 saturated carbocycles. The standard InChI is InChI=1S/C9H10Cl2FNS/c10-4-1-5-13(14)7-2-3-9(12)8(11)6-7/h2-3,6,14H,1,4-5H2. The van der Waals surface area contributed by atoms with E-state index in [-0.39, 0.29) is 5.02 Å². The van der Waals surface area contributed by atoms with Crippen LogP contribution < -0.4 is 4.31 Å². The molecule has 0 bridgehead atoms. The molecular weight excluding hydrogens is 244 g/mol. The number of thiol groups is 1. The quantitative estimate of drug-likeness (QED) is 0.632. The fourth-order valence-electron chi connectivity index (χ4n) is 0.984. The molecule has 0 heterocycles. The van der Waals surface area contributed by atoms with E-state index in [9.17, 15) is 4.39 Å². The SMILES string of the molecule is Fc1ccc(N(S)CCCCl)cc1Cl. The molecule has 1 aromatic carbocycles. The van der Waals surface area contributed by atoms with E-state index in [0.29, 0.717) is 12.4 Å². The zero-order valence-electron chi connectivity index (χ0n) is 7.38. The molecule has 1 nitrogen and oxygen atoms in total. The largest absolute Gasteiger partial charge is 0.319 e. The van der Waals surface area contributed by atoms with E-state index in [1.54, 1.807) is 10.4 Å². The van der Waals surface area contributed by atoms with Gasteiger partial charge < -0.3 is 4.31 Å². The van der Waals surface area contributed by atoms with Crippen LogP contribution in [0, 0.1) is 5.82 Å². The Morgan fingerprint density at radius 1 is 1.43 bits per heavy atom. The zero-order valence-corrected chi connectivity index (χ0v) is 9.79. The Kier molecular flexibility index (Phi) is 4.85. The number of rotatable bonds is 4. The molecule has 0 fully saturated rings. The van der Waals surface area contributed by atoms with E-state index in [1.807, 2.05) is 0 Å². The Labute approximate surface area is 98.3 Å². The van der Waals surface area contributed by atoms with Gasteiger partial charge in [-0.25, -0.2) is 4.39 Å². The second-order valence-electron chi connectivity index (χ2n) is 2.76. The van der Waals surface area contributed by atoms with Crippen LogP contribution in [0.3, 0.4) is 0 Å². The van der Waals surface area contributed by atoms with Gasteiger partial charge in [-0.05, 0) is 24.6 Å². The lowest BCUT2D eigenvalue weighted by Gasteiger charge is -2.17. The third kappa shape index (κ3) is 3.23. The minimum absolute atomic E-state index is 0.104. The smallest absolute Gasteiger partial charge is 0.141 e. The topological polar surface area (TPSA) is 3.24 Å². The Bertz CT molecular complexity index is 309. The molecule has 1 rings (SSSR count). The van der Waals surface area contributed by atoms with E-state index in [0.717, 1.165) is 12.1 Å². The molecule has 0 atom stereocenters. The van der Waals surface area contributed by atoms with Crippen molar-refractivity contribution in [3.05, 3.63) is 29.0 Å². The van der Waals surface area contributed by atoms with E-state index in [2.05, 4.69) is 12.8 Å². The highest BCUT2D eigenvalue weighted by Crippen LogP contribution is 2.23. The minimum atomic E-state index is -0.422. The summed E-state index contributed by atoms with van der Waals surface area (Å²) in [5.41, 5.74) is 0.768. The first-order valence-electron chi connectivity index (χ1n) is 4.12. The predicted octanol–water partition coefficient (Wildman–Crippen LogP) is 3.76. The van der Waals surface area contributed by atoms with E-state index in [4.69, 9.17) is 23.2 Å². The molecule has 0 spiro atoms. The van der Waals surface area contributed by atoms with Crippen molar-refractivity contribution in [2.45, 2.75) is 6.42 Å². The number of benzene rings is 1. The van der Waals surface area contributed by atoms with Gasteiger partial charge in [0.15, 0.2) is 0 Å². The molecule has 5 heteroatoms. The van der Waals surface area contributed by atoms with E-state index >= 15 is 0 Å². The Hall–Kier alpha value is -0.120. The number of halogens is 3. The first-order chi connectivity index (χ1) is 6.65. The van der Waals surface area contributed by atoms with Crippen LogP contribution in [0.5, 0.6) is 0 Å². The molecule has 1 aromatic rings. The lowest BCUT2D eigenvalue weighted by atomic mass is 10.3. The van der Waals surface area contributed by atoms with Crippen molar-refractivity contribution in [2.75, 3.05) is 16.7 Å². The van der Waals surface area contributed by atoms with Crippen LogP contribution >= 0.6 is 36.0 Å². The van der Waals surface area contributed by atoms with Crippen LogP contribution in [-0.4, -0.2) is 12.4 Å². The summed E-state index contributed by atoms with van der Waals surface area (Å²) in [6.07, 6.45) is 0.819. The van der Waals surface area contributed by atoms with Crippen molar-refractivity contribution < 1.29 is 4.39 Å². The highest BCUT2D eigenvalue weighted by Gasteiger charge is 2.05. The van der Waals surface area contributed by atoms with Crippen LogP contribution in [0.4, 0.5) is 10.1 Å². The maximum Gasteiger partial charge on any atom is 0.141 e. The second-order valence-corrected chi connectivity index (χ2v) is 4.03. The monoisotopic (exact) mass is 253 g/mol. The summed E-state index contributed by atoms with van der Waals surface area (Å²) in [5.74, 6) is 0.154. The van der Waals surface area contributed by atoms with Crippen molar-refractivity contribution >= 4 is 41.7 Å². The number of hydrogen-bond acceptors (Lipinski definition) is 2. The molecule has 0 radical (unpaired) electrons. The molecule has 0 aromatic heterocycles. The average Bonchev–Trinajstić information content (AvgIpc) is 2.18. The molecule has 14 heavy (non-hydrogen) atoms. The minimum Gasteiger partial charge on any atom is -0.319 e. The lowest BCUT2D eigenvalue weighted by Crippen LogP contribution is -2.12. The van der Waals surface area contributed by atoms with Crippen molar-refractivity contribution in [2.24, 2.45) is 0 Å². The lowest BCUT2D eigenvalue weighted by molar-refractivity contribution is 0.628. The number of nitrogens with zero attached hydrogens (tertiary/aromatic N) is 1. The van der Waals surface area contributed by atoms with Crippen LogP contribution in [-0.2, 0) is 0 Å². The van der Waals surface area contributed by atoms with Gasteiger partial charge in [0.25, 0.3) is 0 Å². The molecule has 0 aliphatic carbocycles. The Morgan fingerprint density at radius 3 is 2.71 bits per heavy atom. The summed E-state index contributed by atoms with van der Waals surface area (Å²) in [4.78, 5) is 0. The molecular formula is C9H10Cl2FNS. The van der Waals surface area contributed by atoms with Crippen LogP contribution in [0.2, 0.25) is 5.02 Å². The van der Waals surface area contributed by atoms with Gasteiger partial charge in [-0.2, -0.15) is 0 Å². The fourth-order valence-corrected chi connectivity index (χ4v) is 1.54. The van der Waals surface area contributed by atoms with Gasteiger partial charge >= 0.3 is 0 Å². The summed E-state index contributed by atoms with van der Waals surface area (Å²) < 4.78 is 14.5. The number of hydrogen-bond donors (Lipinski definition) is 1. The van der Waals surface area contributed by atoms with Crippen molar-refractivity contribution in [3.63, 3.8) is 0 Å². The zero-order chi connectivity index (χ0) is 10.6. The Morgan fingerprint density at radius 2 is 2.14 bits per heavy atom. The molecule has 0 amide bonds. The highest BCUT2D eigenvalue weighted by atomic mass is 35.5. The average molecular weight is 254 g/mol. The van der Waals surface area contributed by atoms with Crippen LogP contribution in [0.1, 0.15) is 6.42 Å². The third-order valence-electron chi connectivity index (χ3n) is 1.70. The summed E-state index contributed by atoms with van der Waals surface area (Å²) >= 11 is 15.4. The van der Waals surface area contributed by atoms with Gasteiger partial charge in [-0.15, -0.1) is 11.6 Å². The molecule has 0 saturated heterocycles. The van der Waals surface area contributed by atoms with Gasteiger partial charge in [-0.1, -0.05) is 24.4 Å². The second kappa shape index (κ2) is 5.69. The summed E-state index contributed by atoms with van der Waals surface area (Å²) in [5, 5.41) is 0.104. The van der Waals surface area contributed by atoms with Gasteiger partial charge in [0.05, 0.1) is 5.02 Å². The number of alkyl halides is 1. The first-order valence-corrected chi connectivity index (χ1v) is 5.44. The summed E-state index contributed by atoms with van der Waals surface area (Å²) in [6, 6.07) is 4.49. The summed E-state index contributed by atoms with van der Waals surface area (Å²) in [7, 11) is 0. The van der Waals surface area contributed by atoms with Crippen molar-refractivity contribution in [1.82, 2.24) is 0 Å². The Balaban J connectivity index is 2.70. The van der Waals surface area contributed by atoms with Gasteiger partial charge in [0.1, 0.15) is 5.82 Å². The van der Waals surface area contributed by atoms with E-state index < -0.39 is 5.82 Å². The molecule has 0 aliphatic heterocycles. The highest BCUT2D eigenvalue weighted by molar-refractivity contribution is 7.81. The normalized spacial score (nSPS) is 10.3. The van der Waals surface area contributed by atoms with Crippen molar-refractivity contribution in [3.8, 4) is 0 Å². The van der Waals surface area contributed by atoms with Gasteiger partial charge in [0.2, 0.25) is 0 Å². The van der Waals surface area contributed by atoms with Gasteiger partial charge in [-0.3, -0.25) is 0 Å². The van der Waals surface area contributed by atoms with E-state index in [1.165, 1.54) is 12.1 Å². The van der Waals surface area contributed by atoms with Crippen LogP contribution in [0.15, 0.2) is 18.2 Å². The van der Waals surface area contributed by atoms with Crippen molar-refractivity contribution in [1.29, 1.82) is 0 Å².